The van der Waals surface area contributed by atoms with Crippen molar-refractivity contribution in [3.05, 3.63) is 97.2 Å². The normalized spacial score (nSPS) is 21.0. The summed E-state index contributed by atoms with van der Waals surface area (Å²) in [6.45, 7) is 3.62. The summed E-state index contributed by atoms with van der Waals surface area (Å²) in [5, 5.41) is 54.2. The monoisotopic (exact) mass is 882 g/mol. The first-order chi connectivity index (χ1) is 30.8. The van der Waals surface area contributed by atoms with E-state index in [4.69, 9.17) is 9.47 Å². The zero-order valence-electron chi connectivity index (χ0n) is 39.5. The predicted octanol–water partition coefficient (Wildman–Crippen LogP) is 11.3. The highest BCUT2D eigenvalue weighted by Crippen LogP contribution is 2.22. The zero-order valence-corrected chi connectivity index (χ0v) is 39.5. The molecule has 9 heteroatoms. The first kappa shape index (κ1) is 58.1. The Balaban J connectivity index is 2.25. The van der Waals surface area contributed by atoms with E-state index in [0.29, 0.717) is 6.42 Å². The number of nitrogens with one attached hydrogen (secondary N) is 1. The van der Waals surface area contributed by atoms with E-state index < -0.39 is 49.5 Å². The number of hydrogen-bond acceptors (Lipinski definition) is 8. The number of ether oxygens (including phenoxy) is 2. The van der Waals surface area contributed by atoms with Crippen molar-refractivity contribution in [2.45, 2.75) is 224 Å². The minimum atomic E-state index is -1.57. The summed E-state index contributed by atoms with van der Waals surface area (Å²) in [4.78, 5) is 13.0. The van der Waals surface area contributed by atoms with Gasteiger partial charge in [0.25, 0.3) is 0 Å². The average Bonchev–Trinajstić information content (AvgIpc) is 3.28. The Kier molecular flexibility index (Phi) is 39.7. The molecule has 0 saturated carbocycles. The number of aliphatic hydroxyl groups excluding tert-OH is 5. The first-order valence-electron chi connectivity index (χ1n) is 25.0. The molecule has 0 aromatic heterocycles. The van der Waals surface area contributed by atoms with E-state index in [1.54, 1.807) is 6.08 Å². The van der Waals surface area contributed by atoms with Crippen LogP contribution in [0.4, 0.5) is 0 Å². The average molecular weight is 882 g/mol. The second-order valence-electron chi connectivity index (χ2n) is 16.9. The van der Waals surface area contributed by atoms with Crippen LogP contribution in [0.3, 0.4) is 0 Å². The Morgan fingerprint density at radius 3 is 1.46 bits per heavy atom. The molecule has 0 aromatic carbocycles. The molecule has 1 heterocycles. The number of rotatable bonds is 40. The molecule has 0 aliphatic carbocycles. The highest BCUT2D eigenvalue weighted by atomic mass is 16.7. The van der Waals surface area contributed by atoms with Crippen LogP contribution in [0.15, 0.2) is 97.2 Å². The summed E-state index contributed by atoms with van der Waals surface area (Å²) in [5.74, 6) is -0.195. The maximum Gasteiger partial charge on any atom is 0.220 e. The van der Waals surface area contributed by atoms with Gasteiger partial charge in [-0.05, 0) is 77.0 Å². The largest absolute Gasteiger partial charge is 0.394 e. The number of unbranched alkanes of at least 4 members (excludes halogenated alkanes) is 16. The van der Waals surface area contributed by atoms with E-state index in [1.807, 2.05) is 6.08 Å². The van der Waals surface area contributed by atoms with Crippen LogP contribution in [0.5, 0.6) is 0 Å². The van der Waals surface area contributed by atoms with Crippen LogP contribution in [-0.4, -0.2) is 87.5 Å². The molecule has 9 nitrogen and oxygen atoms in total. The molecule has 1 amide bonds. The summed E-state index contributed by atoms with van der Waals surface area (Å²) >= 11 is 0. The Hall–Kier alpha value is -2.89. The van der Waals surface area contributed by atoms with E-state index in [0.717, 1.165) is 96.3 Å². The Labute approximate surface area is 383 Å². The van der Waals surface area contributed by atoms with E-state index in [2.05, 4.69) is 104 Å². The molecular weight excluding hydrogens is 791 g/mol. The summed E-state index contributed by atoms with van der Waals surface area (Å²) in [6.07, 6.45) is 54.6. The Morgan fingerprint density at radius 2 is 0.984 bits per heavy atom. The van der Waals surface area contributed by atoms with Crippen molar-refractivity contribution < 1.29 is 39.8 Å². The highest BCUT2D eigenvalue weighted by molar-refractivity contribution is 5.76. The van der Waals surface area contributed by atoms with Gasteiger partial charge in [0.05, 0.1) is 25.4 Å². The second kappa shape index (κ2) is 43.0. The van der Waals surface area contributed by atoms with Gasteiger partial charge >= 0.3 is 0 Å². The van der Waals surface area contributed by atoms with Gasteiger partial charge in [0.2, 0.25) is 5.91 Å². The molecule has 1 saturated heterocycles. The van der Waals surface area contributed by atoms with Gasteiger partial charge in [-0.15, -0.1) is 0 Å². The molecule has 0 bridgehead atoms. The lowest BCUT2D eigenvalue weighted by molar-refractivity contribution is -0.302. The lowest BCUT2D eigenvalue weighted by Gasteiger charge is -2.40. The van der Waals surface area contributed by atoms with Crippen LogP contribution < -0.4 is 5.32 Å². The van der Waals surface area contributed by atoms with Gasteiger partial charge in [0, 0.05) is 6.42 Å². The second-order valence-corrected chi connectivity index (χ2v) is 16.9. The molecule has 0 aromatic rings. The molecule has 63 heavy (non-hydrogen) atoms. The van der Waals surface area contributed by atoms with Crippen molar-refractivity contribution in [1.82, 2.24) is 5.32 Å². The fraction of sp³-hybridized carbons (Fsp3) is 0.685. The molecule has 360 valence electrons. The zero-order chi connectivity index (χ0) is 45.9. The summed E-state index contributed by atoms with van der Waals surface area (Å²) in [5.41, 5.74) is 0. The molecule has 1 fully saturated rings. The van der Waals surface area contributed by atoms with Gasteiger partial charge in [-0.1, -0.05) is 195 Å². The van der Waals surface area contributed by atoms with Crippen molar-refractivity contribution in [2.24, 2.45) is 0 Å². The quantitative estimate of drug-likeness (QED) is 0.0263. The number of hydrogen-bond donors (Lipinski definition) is 6. The standard InChI is InChI=1S/C54H91NO8/c1-3-5-7-9-11-13-15-16-17-18-19-20-21-22-23-24-25-26-27-28-29-30-31-32-34-36-38-40-42-44-50(58)55-47(46-62-54-53(61)52(60)51(59)49(45-56)63-54)48(57)43-41-39-37-35-33-14-12-10-8-6-4-2/h5,7,11,13,16-17,19-20,22-23,25-26,28-29,41,43,47-49,51-54,56-57,59-61H,3-4,6,8-10,12,14-15,18,21,24,27,30-40,42,44-46H2,1-2H3,(H,55,58)/b7-5-,13-11-,17-16-,20-19-,23-22-,26-25-,29-28-,43-41+. The van der Waals surface area contributed by atoms with Crippen LogP contribution in [0, 0.1) is 0 Å². The lowest BCUT2D eigenvalue weighted by atomic mass is 9.99. The molecule has 1 aliphatic rings. The van der Waals surface area contributed by atoms with Crippen molar-refractivity contribution in [3.63, 3.8) is 0 Å². The first-order valence-corrected chi connectivity index (χ1v) is 25.0. The van der Waals surface area contributed by atoms with Crippen LogP contribution in [-0.2, 0) is 14.3 Å². The van der Waals surface area contributed by atoms with E-state index in [-0.39, 0.29) is 12.5 Å². The van der Waals surface area contributed by atoms with Gasteiger partial charge in [0.1, 0.15) is 24.4 Å². The van der Waals surface area contributed by atoms with Crippen LogP contribution >= 0.6 is 0 Å². The molecular formula is C54H91NO8. The predicted molar refractivity (Wildman–Crippen MR) is 262 cm³/mol. The van der Waals surface area contributed by atoms with Crippen molar-refractivity contribution in [1.29, 1.82) is 0 Å². The number of aliphatic hydroxyl groups is 5. The molecule has 7 atom stereocenters. The van der Waals surface area contributed by atoms with E-state index in [9.17, 15) is 30.3 Å². The summed E-state index contributed by atoms with van der Waals surface area (Å²) < 4.78 is 11.2. The third kappa shape index (κ3) is 33.3. The molecule has 1 aliphatic heterocycles. The van der Waals surface area contributed by atoms with Gasteiger partial charge in [-0.2, -0.15) is 0 Å². The summed E-state index contributed by atoms with van der Waals surface area (Å²) in [7, 11) is 0. The number of allylic oxidation sites excluding steroid dienone is 15. The molecule has 1 rings (SSSR count). The van der Waals surface area contributed by atoms with Gasteiger partial charge in [-0.25, -0.2) is 0 Å². The molecule has 6 N–H and O–H groups in total. The smallest absolute Gasteiger partial charge is 0.220 e. The Morgan fingerprint density at radius 1 is 0.556 bits per heavy atom. The number of amides is 1. The number of carbonyl (C=O) groups excluding carboxylic acids is 1. The van der Waals surface area contributed by atoms with Crippen molar-refractivity contribution in [3.8, 4) is 0 Å². The fourth-order valence-electron chi connectivity index (χ4n) is 7.19. The molecule has 0 radical (unpaired) electrons. The van der Waals surface area contributed by atoms with Gasteiger partial charge in [-0.3, -0.25) is 4.79 Å². The summed E-state index contributed by atoms with van der Waals surface area (Å²) in [6, 6.07) is -0.816. The number of carbonyl (C=O) groups is 1. The van der Waals surface area contributed by atoms with E-state index in [1.165, 1.54) is 64.2 Å². The maximum atomic E-state index is 13.0. The molecule has 7 unspecified atom stereocenters. The van der Waals surface area contributed by atoms with Crippen LogP contribution in [0.1, 0.15) is 181 Å². The fourth-order valence-corrected chi connectivity index (χ4v) is 7.19. The highest BCUT2D eigenvalue weighted by Gasteiger charge is 2.44. The van der Waals surface area contributed by atoms with Crippen molar-refractivity contribution >= 4 is 5.91 Å². The van der Waals surface area contributed by atoms with Crippen LogP contribution in [0.2, 0.25) is 0 Å². The van der Waals surface area contributed by atoms with Crippen molar-refractivity contribution in [2.75, 3.05) is 13.2 Å². The lowest BCUT2D eigenvalue weighted by Crippen LogP contribution is -2.60. The van der Waals surface area contributed by atoms with E-state index >= 15 is 0 Å². The minimum Gasteiger partial charge on any atom is -0.394 e. The Bertz CT molecular complexity index is 1300. The van der Waals surface area contributed by atoms with Gasteiger partial charge in [0.15, 0.2) is 6.29 Å². The maximum absolute atomic E-state index is 13.0. The van der Waals surface area contributed by atoms with Gasteiger partial charge < -0.3 is 40.3 Å². The molecule has 0 spiro atoms. The topological polar surface area (TPSA) is 149 Å². The SMILES string of the molecule is CC/C=C\C/C=C\C/C=C\C/C=C\C/C=C\C/C=C\C/C=C\CCCCCCCCCC(=O)NC(COC1OC(CO)C(O)C(O)C1O)C(O)/C=C/CCCCCCCCCCC. The third-order valence-corrected chi connectivity index (χ3v) is 11.2. The third-order valence-electron chi connectivity index (χ3n) is 11.2. The van der Waals surface area contributed by atoms with Crippen LogP contribution in [0.25, 0.3) is 0 Å². The minimum absolute atomic E-state index is 0.195.